The van der Waals surface area contributed by atoms with Crippen LogP contribution in [-0.4, -0.2) is 14.8 Å². The average Bonchev–Trinajstić information content (AvgIpc) is 2.43. The van der Waals surface area contributed by atoms with Gasteiger partial charge in [0.25, 0.3) is 0 Å². The fraction of sp³-hybridized carbons (Fsp3) is 0.200. The molecule has 14 heavy (non-hydrogen) atoms. The Bertz CT molecular complexity index is 490. The van der Waals surface area contributed by atoms with Crippen molar-refractivity contribution in [2.45, 2.75) is 13.5 Å². The fourth-order valence-corrected chi connectivity index (χ4v) is 1.64. The lowest BCUT2D eigenvalue weighted by molar-refractivity contribution is -0.112. The summed E-state index contributed by atoms with van der Waals surface area (Å²) in [5.41, 5.74) is 1.84. The molecule has 0 bridgehead atoms. The molecule has 1 aromatic heterocycles. The molecule has 0 aliphatic carbocycles. The molecule has 3 nitrogen and oxygen atoms in total. The molecule has 0 atom stereocenters. The third-order valence-electron chi connectivity index (χ3n) is 2.13. The molecular formula is C10H9ClN2O. The zero-order chi connectivity index (χ0) is 10.1. The van der Waals surface area contributed by atoms with Gasteiger partial charge in [0.05, 0.1) is 17.6 Å². The Morgan fingerprint density at radius 2 is 2.21 bits per heavy atom. The summed E-state index contributed by atoms with van der Waals surface area (Å²) in [6, 6.07) is 7.67. The molecule has 0 N–H and O–H groups in total. The quantitative estimate of drug-likeness (QED) is 0.709. The van der Waals surface area contributed by atoms with Crippen molar-refractivity contribution >= 4 is 27.9 Å². The highest BCUT2D eigenvalue weighted by Gasteiger charge is 2.08. The van der Waals surface area contributed by atoms with Gasteiger partial charge in [0.15, 0.2) is 0 Å². The highest BCUT2D eigenvalue weighted by Crippen LogP contribution is 2.15. The lowest BCUT2D eigenvalue weighted by Crippen LogP contribution is -2.05. The predicted molar refractivity (Wildman–Crippen MR) is 55.3 cm³/mol. The Balaban J connectivity index is 2.62. The predicted octanol–water partition coefficient (Wildman–Crippen LogP) is 2.11. The number of para-hydroxylation sites is 2. The molecule has 0 aliphatic heterocycles. The maximum atomic E-state index is 10.8. The first-order valence-electron chi connectivity index (χ1n) is 4.28. The second kappa shape index (κ2) is 3.42. The van der Waals surface area contributed by atoms with Crippen LogP contribution in [0, 0.1) is 6.92 Å². The molecule has 0 radical (unpaired) electrons. The number of benzene rings is 1. The van der Waals surface area contributed by atoms with E-state index in [0.29, 0.717) is 0 Å². The number of carbonyl (C=O) groups excluding carboxylic acids is 1. The minimum atomic E-state index is -0.378. The van der Waals surface area contributed by atoms with Crippen LogP contribution in [0.25, 0.3) is 11.0 Å². The highest BCUT2D eigenvalue weighted by molar-refractivity contribution is 6.63. The summed E-state index contributed by atoms with van der Waals surface area (Å²) >= 11 is 5.35. The van der Waals surface area contributed by atoms with Gasteiger partial charge in [-0.2, -0.15) is 0 Å². The molecule has 0 amide bonds. The van der Waals surface area contributed by atoms with E-state index in [9.17, 15) is 4.79 Å². The van der Waals surface area contributed by atoms with Crippen molar-refractivity contribution in [1.29, 1.82) is 0 Å². The van der Waals surface area contributed by atoms with Crippen molar-refractivity contribution in [2.24, 2.45) is 0 Å². The van der Waals surface area contributed by atoms with Crippen molar-refractivity contribution in [2.75, 3.05) is 0 Å². The smallest absolute Gasteiger partial charge is 0.241 e. The molecule has 0 saturated heterocycles. The topological polar surface area (TPSA) is 34.9 Å². The summed E-state index contributed by atoms with van der Waals surface area (Å²) in [4.78, 5) is 15.1. The number of rotatable bonds is 2. The number of nitrogens with zero attached hydrogens (tertiary/aromatic N) is 2. The third-order valence-corrected chi connectivity index (χ3v) is 2.25. The highest BCUT2D eigenvalue weighted by atomic mass is 35.5. The van der Waals surface area contributed by atoms with E-state index in [1.165, 1.54) is 0 Å². The SMILES string of the molecule is Cc1nc2ccccc2n1CC(=O)Cl. The lowest BCUT2D eigenvalue weighted by atomic mass is 10.3. The number of imidazole rings is 1. The minimum Gasteiger partial charge on any atom is -0.319 e. The van der Waals surface area contributed by atoms with Gasteiger partial charge >= 0.3 is 0 Å². The Labute approximate surface area is 86.3 Å². The molecule has 1 heterocycles. The number of halogens is 1. The van der Waals surface area contributed by atoms with Crippen LogP contribution in [0.4, 0.5) is 0 Å². The summed E-state index contributed by atoms with van der Waals surface area (Å²) in [6.45, 7) is 2.04. The molecule has 4 heteroatoms. The van der Waals surface area contributed by atoms with E-state index in [-0.39, 0.29) is 11.8 Å². The first kappa shape index (κ1) is 9.21. The van der Waals surface area contributed by atoms with E-state index in [0.717, 1.165) is 16.9 Å². The Kier molecular flexibility index (Phi) is 2.25. The Morgan fingerprint density at radius 3 is 2.93 bits per heavy atom. The molecule has 0 aliphatic rings. The van der Waals surface area contributed by atoms with Crippen molar-refractivity contribution in [3.8, 4) is 0 Å². The van der Waals surface area contributed by atoms with Crippen LogP contribution in [0.1, 0.15) is 5.82 Å². The molecule has 0 fully saturated rings. The van der Waals surface area contributed by atoms with Gasteiger partial charge < -0.3 is 4.57 Å². The van der Waals surface area contributed by atoms with Crippen LogP contribution in [0.2, 0.25) is 0 Å². The van der Waals surface area contributed by atoms with Gasteiger partial charge in [0.2, 0.25) is 5.24 Å². The van der Waals surface area contributed by atoms with Gasteiger partial charge in [-0.05, 0) is 30.7 Å². The second-order valence-corrected chi connectivity index (χ2v) is 3.51. The summed E-state index contributed by atoms with van der Waals surface area (Å²) in [5.74, 6) is 0.806. The molecule has 0 spiro atoms. The summed E-state index contributed by atoms with van der Waals surface area (Å²) < 4.78 is 1.81. The van der Waals surface area contributed by atoms with E-state index < -0.39 is 0 Å². The van der Waals surface area contributed by atoms with E-state index in [1.807, 2.05) is 35.8 Å². The van der Waals surface area contributed by atoms with E-state index in [1.54, 1.807) is 0 Å². The maximum absolute atomic E-state index is 10.8. The number of fused-ring (bicyclic) bond motifs is 1. The van der Waals surface area contributed by atoms with E-state index in [2.05, 4.69) is 4.98 Å². The van der Waals surface area contributed by atoms with Gasteiger partial charge in [-0.1, -0.05) is 12.1 Å². The number of hydrogen-bond acceptors (Lipinski definition) is 2. The van der Waals surface area contributed by atoms with E-state index >= 15 is 0 Å². The molecule has 1 aromatic carbocycles. The van der Waals surface area contributed by atoms with Crippen LogP contribution < -0.4 is 0 Å². The van der Waals surface area contributed by atoms with Crippen LogP contribution in [0.3, 0.4) is 0 Å². The number of hydrogen-bond donors (Lipinski definition) is 0. The molecule has 2 aromatic rings. The van der Waals surface area contributed by atoms with Crippen molar-refractivity contribution in [3.05, 3.63) is 30.1 Å². The molecule has 2 rings (SSSR count). The largest absolute Gasteiger partial charge is 0.319 e. The van der Waals surface area contributed by atoms with Crippen molar-refractivity contribution < 1.29 is 4.79 Å². The molecule has 0 saturated carbocycles. The van der Waals surface area contributed by atoms with Crippen LogP contribution in [-0.2, 0) is 11.3 Å². The fourth-order valence-electron chi connectivity index (χ4n) is 1.52. The standard InChI is InChI=1S/C10H9ClN2O/c1-7-12-8-4-2-3-5-9(8)13(7)6-10(11)14/h2-5H,6H2,1H3. The van der Waals surface area contributed by atoms with Crippen LogP contribution in [0.5, 0.6) is 0 Å². The molecule has 72 valence electrons. The minimum absolute atomic E-state index is 0.175. The van der Waals surface area contributed by atoms with Gasteiger partial charge in [0.1, 0.15) is 5.82 Å². The number of aryl methyl sites for hydroxylation is 1. The Morgan fingerprint density at radius 1 is 1.50 bits per heavy atom. The average molecular weight is 209 g/mol. The van der Waals surface area contributed by atoms with E-state index in [4.69, 9.17) is 11.6 Å². The maximum Gasteiger partial charge on any atom is 0.241 e. The van der Waals surface area contributed by atoms with Gasteiger partial charge in [-0.25, -0.2) is 4.98 Å². The van der Waals surface area contributed by atoms with Gasteiger partial charge in [0, 0.05) is 0 Å². The van der Waals surface area contributed by atoms with Crippen molar-refractivity contribution in [3.63, 3.8) is 0 Å². The molecular weight excluding hydrogens is 200 g/mol. The second-order valence-electron chi connectivity index (χ2n) is 3.09. The normalized spacial score (nSPS) is 10.7. The van der Waals surface area contributed by atoms with Gasteiger partial charge in [-0.3, -0.25) is 4.79 Å². The monoisotopic (exact) mass is 208 g/mol. The first-order chi connectivity index (χ1) is 6.68. The Hall–Kier alpha value is -1.35. The summed E-state index contributed by atoms with van der Waals surface area (Å²) in [6.07, 6.45) is 0. The van der Waals surface area contributed by atoms with Crippen molar-refractivity contribution in [1.82, 2.24) is 9.55 Å². The number of carbonyl (C=O) groups is 1. The summed E-state index contributed by atoms with van der Waals surface area (Å²) in [7, 11) is 0. The first-order valence-corrected chi connectivity index (χ1v) is 4.66. The zero-order valence-corrected chi connectivity index (χ0v) is 8.45. The van der Waals surface area contributed by atoms with Crippen LogP contribution in [0.15, 0.2) is 24.3 Å². The summed E-state index contributed by atoms with van der Waals surface area (Å²) in [5, 5.41) is -0.378. The van der Waals surface area contributed by atoms with Crippen LogP contribution >= 0.6 is 11.6 Å². The third kappa shape index (κ3) is 1.51. The zero-order valence-electron chi connectivity index (χ0n) is 7.70. The number of aromatic nitrogens is 2. The van der Waals surface area contributed by atoms with Gasteiger partial charge in [-0.15, -0.1) is 0 Å². The lowest BCUT2D eigenvalue weighted by Gasteiger charge is -2.01. The molecule has 0 unspecified atom stereocenters.